The lowest BCUT2D eigenvalue weighted by Crippen LogP contribution is -2.12. The van der Waals surface area contributed by atoms with E-state index in [0.29, 0.717) is 0 Å². The number of hydrogen-bond acceptors (Lipinski definition) is 2. The number of rotatable bonds is 6. The quantitative estimate of drug-likeness (QED) is 0.184. The third kappa shape index (κ3) is 4.93. The van der Waals surface area contributed by atoms with Gasteiger partial charge in [-0.05, 0) is 74.5 Å². The molecule has 8 rings (SSSR count). The summed E-state index contributed by atoms with van der Waals surface area (Å²) in [4.78, 5) is 7.19. The number of fused-ring (bicyclic) bond motifs is 2. The van der Waals surface area contributed by atoms with Crippen LogP contribution in [0.5, 0.6) is 0 Å². The highest BCUT2D eigenvalue weighted by molar-refractivity contribution is 6.22. The number of aromatic nitrogens is 1. The predicted octanol–water partition coefficient (Wildman–Crippen LogP) is 11.9. The van der Waals surface area contributed by atoms with Crippen molar-refractivity contribution in [1.29, 1.82) is 0 Å². The summed E-state index contributed by atoms with van der Waals surface area (Å²) in [6.45, 7) is 0. The second kappa shape index (κ2) is 11.6. The SMILES string of the molecule is c1ccc(-c2ccc(N(c3ccccn3)c3c4ccccc4c(-c4cccc(-c5ccccc5)c4)c4ccccc34)cc2)cc1. The number of anilines is 3. The highest BCUT2D eigenvalue weighted by atomic mass is 15.2. The Balaban J connectivity index is 1.39. The molecule has 0 spiro atoms. The summed E-state index contributed by atoms with van der Waals surface area (Å²) in [5.41, 5.74) is 9.42. The zero-order chi connectivity index (χ0) is 30.0. The smallest absolute Gasteiger partial charge is 0.137 e. The molecule has 1 aromatic heterocycles. The van der Waals surface area contributed by atoms with Crippen LogP contribution in [-0.4, -0.2) is 4.98 Å². The normalized spacial score (nSPS) is 11.1. The van der Waals surface area contributed by atoms with E-state index in [1.54, 1.807) is 0 Å². The van der Waals surface area contributed by atoms with Gasteiger partial charge in [0.25, 0.3) is 0 Å². The molecule has 7 aromatic carbocycles. The van der Waals surface area contributed by atoms with E-state index >= 15 is 0 Å². The van der Waals surface area contributed by atoms with Gasteiger partial charge in [0.1, 0.15) is 5.82 Å². The molecule has 45 heavy (non-hydrogen) atoms. The summed E-state index contributed by atoms with van der Waals surface area (Å²) in [5, 5.41) is 4.76. The van der Waals surface area contributed by atoms with Crippen LogP contribution in [0.25, 0.3) is 54.9 Å². The highest BCUT2D eigenvalue weighted by Crippen LogP contribution is 2.48. The van der Waals surface area contributed by atoms with E-state index in [1.807, 2.05) is 12.3 Å². The molecule has 0 saturated carbocycles. The third-order valence-corrected chi connectivity index (χ3v) is 8.50. The zero-order valence-electron chi connectivity index (χ0n) is 24.7. The van der Waals surface area contributed by atoms with Gasteiger partial charge in [-0.2, -0.15) is 0 Å². The largest absolute Gasteiger partial charge is 0.294 e. The minimum absolute atomic E-state index is 0.874. The molecule has 0 saturated heterocycles. The molecule has 8 aromatic rings. The lowest BCUT2D eigenvalue weighted by atomic mass is 9.89. The summed E-state index contributed by atoms with van der Waals surface area (Å²) in [7, 11) is 0. The van der Waals surface area contributed by atoms with E-state index in [2.05, 4.69) is 175 Å². The van der Waals surface area contributed by atoms with Crippen LogP contribution >= 0.6 is 0 Å². The van der Waals surface area contributed by atoms with Crippen molar-refractivity contribution in [3.05, 3.63) is 182 Å². The Morgan fingerprint density at radius 3 is 1.44 bits per heavy atom. The van der Waals surface area contributed by atoms with Crippen LogP contribution in [0.2, 0.25) is 0 Å². The van der Waals surface area contributed by atoms with Gasteiger partial charge in [0.15, 0.2) is 0 Å². The monoisotopic (exact) mass is 574 g/mol. The van der Waals surface area contributed by atoms with Gasteiger partial charge >= 0.3 is 0 Å². The molecule has 2 nitrogen and oxygen atoms in total. The van der Waals surface area contributed by atoms with Crippen LogP contribution in [0.15, 0.2) is 182 Å². The topological polar surface area (TPSA) is 16.1 Å². The third-order valence-electron chi connectivity index (χ3n) is 8.50. The second-order valence-electron chi connectivity index (χ2n) is 11.2. The van der Waals surface area contributed by atoms with E-state index in [1.165, 1.54) is 54.9 Å². The molecule has 0 radical (unpaired) electrons. The average Bonchev–Trinajstić information content (AvgIpc) is 3.13. The molecule has 0 N–H and O–H groups in total. The van der Waals surface area contributed by atoms with Gasteiger partial charge in [0.2, 0.25) is 0 Å². The van der Waals surface area contributed by atoms with Crippen molar-refractivity contribution < 1.29 is 0 Å². The Morgan fingerprint density at radius 2 is 0.844 bits per heavy atom. The van der Waals surface area contributed by atoms with Gasteiger partial charge in [-0.3, -0.25) is 4.90 Å². The lowest BCUT2D eigenvalue weighted by molar-refractivity contribution is 1.19. The first kappa shape index (κ1) is 26.6. The van der Waals surface area contributed by atoms with Gasteiger partial charge in [-0.1, -0.05) is 146 Å². The van der Waals surface area contributed by atoms with Crippen LogP contribution in [0.1, 0.15) is 0 Å². The van der Waals surface area contributed by atoms with Crippen molar-refractivity contribution >= 4 is 38.7 Å². The van der Waals surface area contributed by atoms with E-state index in [9.17, 15) is 0 Å². The van der Waals surface area contributed by atoms with Crippen molar-refractivity contribution in [2.45, 2.75) is 0 Å². The van der Waals surface area contributed by atoms with E-state index < -0.39 is 0 Å². The van der Waals surface area contributed by atoms with Crippen LogP contribution in [0, 0.1) is 0 Å². The zero-order valence-corrected chi connectivity index (χ0v) is 24.7. The van der Waals surface area contributed by atoms with E-state index in [4.69, 9.17) is 4.98 Å². The molecular formula is C43H30N2. The molecular weight excluding hydrogens is 544 g/mol. The summed E-state index contributed by atoms with van der Waals surface area (Å²) in [6, 6.07) is 62.5. The van der Waals surface area contributed by atoms with Gasteiger partial charge in [0.05, 0.1) is 5.69 Å². The fourth-order valence-electron chi connectivity index (χ4n) is 6.44. The Kier molecular flexibility index (Phi) is 6.86. The first-order valence-corrected chi connectivity index (χ1v) is 15.3. The molecule has 1 heterocycles. The van der Waals surface area contributed by atoms with Crippen molar-refractivity contribution in [2.75, 3.05) is 4.90 Å². The maximum absolute atomic E-state index is 4.88. The standard InChI is InChI=1S/C43H30N2/c1-3-14-31(15-4-1)33-25-27-36(28-26-33)45(41-24-11-12-29-44-41)43-39-22-9-7-20-37(39)42(38-21-8-10-23-40(38)43)35-19-13-18-34(30-35)32-16-5-2-6-17-32/h1-30H. The van der Waals surface area contributed by atoms with Crippen molar-refractivity contribution in [1.82, 2.24) is 4.98 Å². The summed E-state index contributed by atoms with van der Waals surface area (Å²) >= 11 is 0. The van der Waals surface area contributed by atoms with Crippen LogP contribution in [0.3, 0.4) is 0 Å². The minimum Gasteiger partial charge on any atom is -0.294 e. The minimum atomic E-state index is 0.874. The first-order chi connectivity index (χ1) is 22.3. The lowest BCUT2D eigenvalue weighted by Gasteiger charge is -2.28. The molecule has 0 amide bonds. The first-order valence-electron chi connectivity index (χ1n) is 15.3. The maximum Gasteiger partial charge on any atom is 0.137 e. The van der Waals surface area contributed by atoms with Crippen molar-refractivity contribution in [2.24, 2.45) is 0 Å². The molecule has 0 aliphatic carbocycles. The number of benzene rings is 7. The van der Waals surface area contributed by atoms with Crippen LogP contribution in [0.4, 0.5) is 17.2 Å². The molecule has 212 valence electrons. The molecule has 0 aliphatic rings. The highest BCUT2D eigenvalue weighted by Gasteiger charge is 2.22. The summed E-state index contributed by atoms with van der Waals surface area (Å²) in [5.74, 6) is 0.874. The molecule has 0 bridgehead atoms. The van der Waals surface area contributed by atoms with E-state index in [-0.39, 0.29) is 0 Å². The molecule has 2 heteroatoms. The van der Waals surface area contributed by atoms with Crippen LogP contribution < -0.4 is 4.90 Å². The van der Waals surface area contributed by atoms with Gasteiger partial charge < -0.3 is 0 Å². The Labute approximate surface area is 263 Å². The summed E-state index contributed by atoms with van der Waals surface area (Å²) in [6.07, 6.45) is 1.87. The second-order valence-corrected chi connectivity index (χ2v) is 11.2. The fourth-order valence-corrected chi connectivity index (χ4v) is 6.44. The Bertz CT molecular complexity index is 2180. The van der Waals surface area contributed by atoms with Crippen molar-refractivity contribution in [3.63, 3.8) is 0 Å². The van der Waals surface area contributed by atoms with Gasteiger partial charge in [-0.25, -0.2) is 4.98 Å². The predicted molar refractivity (Wildman–Crippen MR) is 190 cm³/mol. The van der Waals surface area contributed by atoms with Gasteiger partial charge in [-0.15, -0.1) is 0 Å². The molecule has 0 fully saturated rings. The maximum atomic E-state index is 4.88. The molecule has 0 aliphatic heterocycles. The van der Waals surface area contributed by atoms with Crippen LogP contribution in [-0.2, 0) is 0 Å². The number of pyridine rings is 1. The molecule has 0 atom stereocenters. The summed E-state index contributed by atoms with van der Waals surface area (Å²) < 4.78 is 0. The Morgan fingerprint density at radius 1 is 0.356 bits per heavy atom. The van der Waals surface area contributed by atoms with E-state index in [0.717, 1.165) is 17.2 Å². The number of nitrogens with zero attached hydrogens (tertiary/aromatic N) is 2. The molecule has 0 unspecified atom stereocenters. The fraction of sp³-hybridized carbons (Fsp3) is 0. The number of hydrogen-bond donors (Lipinski definition) is 0. The van der Waals surface area contributed by atoms with Crippen molar-refractivity contribution in [3.8, 4) is 33.4 Å². The Hall–Kier alpha value is -5.99. The average molecular weight is 575 g/mol. The van der Waals surface area contributed by atoms with Gasteiger partial charge in [0, 0.05) is 22.7 Å².